The minimum absolute atomic E-state index is 0.100. The second-order valence-electron chi connectivity index (χ2n) is 5.48. The number of carbonyl (C=O) groups excluding carboxylic acids is 1. The molecule has 1 amide bonds. The first-order valence-corrected chi connectivity index (χ1v) is 8.17. The maximum atomic E-state index is 13.7. The average Bonchev–Trinajstić information content (AvgIpc) is 2.65. The van der Waals surface area contributed by atoms with Crippen LogP contribution in [0.3, 0.4) is 0 Å². The maximum absolute atomic E-state index is 13.7. The molecule has 0 radical (unpaired) electrons. The van der Waals surface area contributed by atoms with E-state index in [-0.39, 0.29) is 11.4 Å². The van der Waals surface area contributed by atoms with E-state index < -0.39 is 17.5 Å². The van der Waals surface area contributed by atoms with Crippen LogP contribution in [0.25, 0.3) is 0 Å². The van der Waals surface area contributed by atoms with Crippen LogP contribution in [0.2, 0.25) is 5.02 Å². The molecule has 27 heavy (non-hydrogen) atoms. The van der Waals surface area contributed by atoms with E-state index in [0.717, 1.165) is 12.1 Å². The van der Waals surface area contributed by atoms with Gasteiger partial charge in [-0.05, 0) is 42.5 Å². The molecule has 138 valence electrons. The summed E-state index contributed by atoms with van der Waals surface area (Å²) in [6.07, 6.45) is 1.37. The predicted molar refractivity (Wildman–Crippen MR) is 99.8 cm³/mol. The molecule has 3 rings (SSSR count). The summed E-state index contributed by atoms with van der Waals surface area (Å²) in [4.78, 5) is 16.3. The van der Waals surface area contributed by atoms with Crippen molar-refractivity contribution >= 4 is 34.6 Å². The van der Waals surface area contributed by atoms with Crippen LogP contribution in [0.15, 0.2) is 54.7 Å². The van der Waals surface area contributed by atoms with Gasteiger partial charge in [0.25, 0.3) is 5.91 Å². The molecule has 0 unspecified atom stereocenters. The van der Waals surface area contributed by atoms with Gasteiger partial charge in [-0.1, -0.05) is 11.6 Å². The quantitative estimate of drug-likeness (QED) is 0.643. The first kappa shape index (κ1) is 18.6. The Bertz CT molecular complexity index is 981. The standard InChI is InChI=1S/C19H14ClF2N3O2/c1-27-18-7-4-12(9-14(18)20)25-19(26)17-6-3-13(10-23-17)24-16-5-2-11(21)8-15(16)22/h2-10,24H,1H3,(H,25,26). The predicted octanol–water partition coefficient (Wildman–Crippen LogP) is 5.02. The summed E-state index contributed by atoms with van der Waals surface area (Å²) in [7, 11) is 1.50. The number of halogens is 3. The lowest BCUT2D eigenvalue weighted by Crippen LogP contribution is -2.13. The molecule has 0 aliphatic heterocycles. The first-order valence-electron chi connectivity index (χ1n) is 7.79. The lowest BCUT2D eigenvalue weighted by molar-refractivity contribution is 0.102. The van der Waals surface area contributed by atoms with E-state index in [0.29, 0.717) is 22.1 Å². The highest BCUT2D eigenvalue weighted by molar-refractivity contribution is 6.32. The normalized spacial score (nSPS) is 10.4. The van der Waals surface area contributed by atoms with Crippen LogP contribution in [-0.4, -0.2) is 18.0 Å². The van der Waals surface area contributed by atoms with Crippen LogP contribution >= 0.6 is 11.6 Å². The molecule has 1 aromatic heterocycles. The van der Waals surface area contributed by atoms with Crippen molar-refractivity contribution in [3.63, 3.8) is 0 Å². The molecule has 0 bridgehead atoms. The second kappa shape index (κ2) is 8.01. The van der Waals surface area contributed by atoms with E-state index in [9.17, 15) is 13.6 Å². The molecular formula is C19H14ClF2N3O2. The number of pyridine rings is 1. The Labute approximate surface area is 159 Å². The minimum Gasteiger partial charge on any atom is -0.495 e. The van der Waals surface area contributed by atoms with E-state index in [1.165, 1.54) is 25.4 Å². The summed E-state index contributed by atoms with van der Waals surface area (Å²) >= 11 is 6.03. The van der Waals surface area contributed by atoms with E-state index in [2.05, 4.69) is 15.6 Å². The number of aromatic nitrogens is 1. The van der Waals surface area contributed by atoms with Gasteiger partial charge in [-0.2, -0.15) is 0 Å². The van der Waals surface area contributed by atoms with Crippen molar-refractivity contribution in [2.45, 2.75) is 0 Å². The molecule has 3 aromatic rings. The third-order valence-corrected chi connectivity index (χ3v) is 3.91. The zero-order valence-electron chi connectivity index (χ0n) is 14.1. The highest BCUT2D eigenvalue weighted by atomic mass is 35.5. The largest absolute Gasteiger partial charge is 0.495 e. The van der Waals surface area contributed by atoms with Crippen LogP contribution in [0.4, 0.5) is 25.8 Å². The highest BCUT2D eigenvalue weighted by Gasteiger charge is 2.10. The lowest BCUT2D eigenvalue weighted by Gasteiger charge is -2.09. The fraction of sp³-hybridized carbons (Fsp3) is 0.0526. The zero-order valence-corrected chi connectivity index (χ0v) is 14.8. The Balaban J connectivity index is 1.69. The summed E-state index contributed by atoms with van der Waals surface area (Å²) in [5.41, 5.74) is 1.20. The number of amides is 1. The third-order valence-electron chi connectivity index (χ3n) is 3.62. The zero-order chi connectivity index (χ0) is 19.4. The van der Waals surface area contributed by atoms with Gasteiger partial charge in [-0.25, -0.2) is 13.8 Å². The Morgan fingerprint density at radius 1 is 1.07 bits per heavy atom. The maximum Gasteiger partial charge on any atom is 0.274 e. The molecule has 2 aromatic carbocycles. The number of ether oxygens (including phenoxy) is 1. The summed E-state index contributed by atoms with van der Waals surface area (Å²) in [6.45, 7) is 0. The SMILES string of the molecule is COc1ccc(NC(=O)c2ccc(Nc3ccc(F)cc3F)cn2)cc1Cl. The Morgan fingerprint density at radius 2 is 1.85 bits per heavy atom. The number of benzene rings is 2. The summed E-state index contributed by atoms with van der Waals surface area (Å²) in [5, 5.41) is 5.80. The van der Waals surface area contributed by atoms with Crippen molar-refractivity contribution in [3.05, 3.63) is 77.1 Å². The number of hydrogen-bond donors (Lipinski definition) is 2. The Hall–Kier alpha value is -3.19. The van der Waals surface area contributed by atoms with Crippen LogP contribution in [0.5, 0.6) is 5.75 Å². The third kappa shape index (κ3) is 4.51. The number of hydrogen-bond acceptors (Lipinski definition) is 4. The van der Waals surface area contributed by atoms with Gasteiger partial charge in [-0.15, -0.1) is 0 Å². The molecule has 8 heteroatoms. The van der Waals surface area contributed by atoms with Crippen molar-refractivity contribution in [1.29, 1.82) is 0 Å². The highest BCUT2D eigenvalue weighted by Crippen LogP contribution is 2.27. The van der Waals surface area contributed by atoms with Gasteiger partial charge in [0.1, 0.15) is 23.1 Å². The number of methoxy groups -OCH3 is 1. The number of carbonyl (C=O) groups is 1. The molecule has 0 saturated carbocycles. The molecule has 0 saturated heterocycles. The van der Waals surface area contributed by atoms with Gasteiger partial charge in [0.2, 0.25) is 0 Å². The van der Waals surface area contributed by atoms with Crippen LogP contribution in [0.1, 0.15) is 10.5 Å². The number of nitrogens with zero attached hydrogens (tertiary/aromatic N) is 1. The van der Waals surface area contributed by atoms with Crippen LogP contribution < -0.4 is 15.4 Å². The van der Waals surface area contributed by atoms with Crippen molar-refractivity contribution in [1.82, 2.24) is 4.98 Å². The Kier molecular flexibility index (Phi) is 5.52. The first-order chi connectivity index (χ1) is 13.0. The molecular weight excluding hydrogens is 376 g/mol. The fourth-order valence-corrected chi connectivity index (χ4v) is 2.55. The molecule has 0 spiro atoms. The Morgan fingerprint density at radius 3 is 2.48 bits per heavy atom. The second-order valence-corrected chi connectivity index (χ2v) is 5.89. The van der Waals surface area contributed by atoms with E-state index >= 15 is 0 Å². The average molecular weight is 390 g/mol. The smallest absolute Gasteiger partial charge is 0.274 e. The van der Waals surface area contributed by atoms with Crippen molar-refractivity contribution < 1.29 is 18.3 Å². The molecule has 0 aliphatic carbocycles. The number of anilines is 3. The van der Waals surface area contributed by atoms with Gasteiger partial charge in [0.05, 0.1) is 29.7 Å². The molecule has 0 fully saturated rings. The van der Waals surface area contributed by atoms with Gasteiger partial charge >= 0.3 is 0 Å². The van der Waals surface area contributed by atoms with Crippen LogP contribution in [-0.2, 0) is 0 Å². The van der Waals surface area contributed by atoms with Crippen molar-refractivity contribution in [3.8, 4) is 5.75 Å². The van der Waals surface area contributed by atoms with E-state index in [1.54, 1.807) is 24.3 Å². The lowest BCUT2D eigenvalue weighted by atomic mass is 10.2. The van der Waals surface area contributed by atoms with E-state index in [4.69, 9.17) is 16.3 Å². The molecule has 1 heterocycles. The molecule has 0 aliphatic rings. The topological polar surface area (TPSA) is 63.2 Å². The van der Waals surface area contributed by atoms with Gasteiger partial charge in [0.15, 0.2) is 0 Å². The van der Waals surface area contributed by atoms with Crippen molar-refractivity contribution in [2.75, 3.05) is 17.7 Å². The van der Waals surface area contributed by atoms with Crippen molar-refractivity contribution in [2.24, 2.45) is 0 Å². The summed E-state index contributed by atoms with van der Waals surface area (Å²) < 4.78 is 31.7. The van der Waals surface area contributed by atoms with E-state index in [1.807, 2.05) is 0 Å². The monoisotopic (exact) mass is 389 g/mol. The number of nitrogens with one attached hydrogen (secondary N) is 2. The fourth-order valence-electron chi connectivity index (χ4n) is 2.29. The molecule has 2 N–H and O–H groups in total. The molecule has 5 nitrogen and oxygen atoms in total. The molecule has 0 atom stereocenters. The summed E-state index contributed by atoms with van der Waals surface area (Å²) in [6, 6.07) is 11.1. The van der Waals surface area contributed by atoms with Gasteiger partial charge in [0, 0.05) is 11.8 Å². The van der Waals surface area contributed by atoms with Gasteiger partial charge < -0.3 is 15.4 Å². The minimum atomic E-state index is -0.729. The summed E-state index contributed by atoms with van der Waals surface area (Å²) in [5.74, 6) is -1.33. The van der Waals surface area contributed by atoms with Crippen LogP contribution in [0, 0.1) is 11.6 Å². The van der Waals surface area contributed by atoms with Gasteiger partial charge in [-0.3, -0.25) is 4.79 Å². The number of rotatable bonds is 5.